The highest BCUT2D eigenvalue weighted by Crippen LogP contribution is 2.45. The van der Waals surface area contributed by atoms with Crippen molar-refractivity contribution in [3.63, 3.8) is 0 Å². The van der Waals surface area contributed by atoms with Crippen molar-refractivity contribution in [2.24, 2.45) is 0 Å². The van der Waals surface area contributed by atoms with Crippen LogP contribution in [0.5, 0.6) is 0 Å². The molecule has 1 aromatic heterocycles. The summed E-state index contributed by atoms with van der Waals surface area (Å²) in [4.78, 5) is 31.4. The lowest BCUT2D eigenvalue weighted by atomic mass is 9.97. The van der Waals surface area contributed by atoms with Gasteiger partial charge in [-0.2, -0.15) is 0 Å². The van der Waals surface area contributed by atoms with Gasteiger partial charge in [-0.15, -0.1) is 0 Å². The highest BCUT2D eigenvalue weighted by atomic mass is 16.2. The molecule has 1 aliphatic heterocycles. The SMILES string of the molecule is Cc1cc(C)cc(-c2cccc3c4cccc(-c5cc(C)cc(C)c5)c4n(-c4cccc5c4C(=O)N(c4cc(-c6ccccc6)cc(-c6ccccc6)c4)C5=O)c23)c1. The summed E-state index contributed by atoms with van der Waals surface area (Å²) in [6, 6.07) is 58.2. The predicted molar refractivity (Wildman–Crippen MR) is 239 cm³/mol. The van der Waals surface area contributed by atoms with E-state index < -0.39 is 0 Å². The fourth-order valence-electron chi connectivity index (χ4n) is 9.11. The van der Waals surface area contributed by atoms with Crippen LogP contribution in [-0.4, -0.2) is 16.4 Å². The molecule has 9 aromatic rings. The number of rotatable bonds is 6. The van der Waals surface area contributed by atoms with Gasteiger partial charge in [-0.3, -0.25) is 9.59 Å². The maximum atomic E-state index is 15.3. The second-order valence-corrected chi connectivity index (χ2v) is 15.6. The van der Waals surface area contributed by atoms with Crippen LogP contribution in [-0.2, 0) is 0 Å². The molecule has 0 spiro atoms. The summed E-state index contributed by atoms with van der Waals surface area (Å²) in [6.45, 7) is 8.51. The molecule has 0 aliphatic carbocycles. The number of amides is 2. The van der Waals surface area contributed by atoms with Crippen LogP contribution in [0.2, 0.25) is 0 Å². The molecule has 58 heavy (non-hydrogen) atoms. The summed E-state index contributed by atoms with van der Waals surface area (Å²) >= 11 is 0. The largest absolute Gasteiger partial charge is 0.307 e. The van der Waals surface area contributed by atoms with Crippen molar-refractivity contribution in [2.45, 2.75) is 27.7 Å². The molecule has 2 amide bonds. The average molecular weight is 749 g/mol. The van der Waals surface area contributed by atoms with Gasteiger partial charge in [-0.1, -0.05) is 162 Å². The van der Waals surface area contributed by atoms with Crippen molar-refractivity contribution in [2.75, 3.05) is 4.90 Å². The van der Waals surface area contributed by atoms with Crippen LogP contribution in [0.3, 0.4) is 0 Å². The number of hydrogen-bond donors (Lipinski definition) is 0. The van der Waals surface area contributed by atoms with Crippen LogP contribution < -0.4 is 4.90 Å². The number of carbonyl (C=O) groups is 2. The first kappa shape index (κ1) is 35.1. The molecule has 10 rings (SSSR count). The van der Waals surface area contributed by atoms with E-state index in [0.717, 1.165) is 66.3 Å². The minimum absolute atomic E-state index is 0.337. The van der Waals surface area contributed by atoms with E-state index in [0.29, 0.717) is 22.5 Å². The number of aromatic nitrogens is 1. The number of carbonyl (C=O) groups excluding carboxylic acids is 2. The Hall–Kier alpha value is -7.30. The van der Waals surface area contributed by atoms with E-state index in [1.54, 1.807) is 6.07 Å². The van der Waals surface area contributed by atoms with Crippen LogP contribution in [0.15, 0.2) is 170 Å². The van der Waals surface area contributed by atoms with E-state index in [2.05, 4.69) is 135 Å². The molecule has 0 saturated heterocycles. The Morgan fingerprint density at radius 1 is 0.362 bits per heavy atom. The quantitative estimate of drug-likeness (QED) is 0.159. The number of aryl methyl sites for hydroxylation is 4. The van der Waals surface area contributed by atoms with Crippen LogP contribution in [0, 0.1) is 27.7 Å². The molecule has 0 saturated carbocycles. The molecule has 2 heterocycles. The summed E-state index contributed by atoms with van der Waals surface area (Å²) in [5, 5.41) is 2.15. The molecule has 4 nitrogen and oxygen atoms in total. The fourth-order valence-corrected chi connectivity index (χ4v) is 9.11. The fraction of sp³-hybridized carbons (Fsp3) is 0.0741. The zero-order valence-electron chi connectivity index (χ0n) is 32.9. The molecular formula is C54H40N2O2. The van der Waals surface area contributed by atoms with Crippen LogP contribution in [0.1, 0.15) is 43.0 Å². The van der Waals surface area contributed by atoms with Crippen molar-refractivity contribution < 1.29 is 9.59 Å². The molecule has 1 aliphatic rings. The number of nitrogens with zero attached hydrogens (tertiary/aromatic N) is 2. The van der Waals surface area contributed by atoms with Gasteiger partial charge in [0.15, 0.2) is 0 Å². The molecule has 0 radical (unpaired) electrons. The second kappa shape index (κ2) is 13.7. The Bertz CT molecular complexity index is 2930. The maximum absolute atomic E-state index is 15.3. The molecule has 278 valence electrons. The zero-order chi connectivity index (χ0) is 39.7. The minimum atomic E-state index is -0.345. The molecule has 0 atom stereocenters. The third kappa shape index (κ3) is 5.76. The lowest BCUT2D eigenvalue weighted by molar-refractivity contribution is 0.0926. The number of imide groups is 1. The molecule has 8 aromatic carbocycles. The van der Waals surface area contributed by atoms with Crippen LogP contribution in [0.25, 0.3) is 72.0 Å². The Balaban J connectivity index is 1.25. The topological polar surface area (TPSA) is 42.3 Å². The third-order valence-electron chi connectivity index (χ3n) is 11.4. The van der Waals surface area contributed by atoms with E-state index in [1.165, 1.54) is 27.2 Å². The minimum Gasteiger partial charge on any atom is -0.307 e. The number of hydrogen-bond acceptors (Lipinski definition) is 2. The highest BCUT2D eigenvalue weighted by molar-refractivity contribution is 6.36. The number of benzene rings is 8. The zero-order valence-corrected chi connectivity index (χ0v) is 32.9. The Morgan fingerprint density at radius 2 is 0.810 bits per heavy atom. The number of anilines is 1. The second-order valence-electron chi connectivity index (χ2n) is 15.6. The van der Waals surface area contributed by atoms with Crippen molar-refractivity contribution in [3.8, 4) is 50.2 Å². The van der Waals surface area contributed by atoms with Gasteiger partial charge in [0.25, 0.3) is 11.8 Å². The van der Waals surface area contributed by atoms with E-state index in [4.69, 9.17) is 0 Å². The highest BCUT2D eigenvalue weighted by Gasteiger charge is 2.40. The van der Waals surface area contributed by atoms with E-state index in [1.807, 2.05) is 60.7 Å². The summed E-state index contributed by atoms with van der Waals surface area (Å²) in [5.74, 6) is -0.682. The smallest absolute Gasteiger partial charge is 0.268 e. The molecule has 0 N–H and O–H groups in total. The standard InChI is InChI=1S/C54H40N2O2/c1-33-24-34(2)27-41(26-33)44-18-11-20-46-47-21-12-19-45(42-28-35(3)25-36(4)29-42)52(47)56(51(44)46)49-23-13-22-48-50(49)54(58)55(53(48)57)43-31-39(37-14-7-5-8-15-37)30-40(32-43)38-16-9-6-10-17-38/h5-32H,1-4H3. The summed E-state index contributed by atoms with van der Waals surface area (Å²) in [6.07, 6.45) is 0. The van der Waals surface area contributed by atoms with Gasteiger partial charge < -0.3 is 4.57 Å². The Kier molecular flexibility index (Phi) is 8.31. The van der Waals surface area contributed by atoms with E-state index >= 15 is 4.79 Å². The van der Waals surface area contributed by atoms with Gasteiger partial charge >= 0.3 is 0 Å². The Morgan fingerprint density at radius 3 is 1.29 bits per heavy atom. The van der Waals surface area contributed by atoms with Gasteiger partial charge in [0.2, 0.25) is 0 Å². The molecular weight excluding hydrogens is 709 g/mol. The molecule has 0 bridgehead atoms. The van der Waals surface area contributed by atoms with Crippen molar-refractivity contribution in [1.29, 1.82) is 0 Å². The lowest BCUT2D eigenvalue weighted by Gasteiger charge is -2.19. The van der Waals surface area contributed by atoms with Gasteiger partial charge in [0.1, 0.15) is 0 Å². The lowest BCUT2D eigenvalue weighted by Crippen LogP contribution is -2.29. The normalized spacial score (nSPS) is 12.5. The van der Waals surface area contributed by atoms with E-state index in [9.17, 15) is 4.79 Å². The summed E-state index contributed by atoms with van der Waals surface area (Å²) < 4.78 is 2.26. The first-order chi connectivity index (χ1) is 28.2. The van der Waals surface area contributed by atoms with Crippen LogP contribution in [0.4, 0.5) is 5.69 Å². The van der Waals surface area contributed by atoms with Crippen molar-refractivity contribution >= 4 is 39.3 Å². The Labute approximate surface area is 338 Å². The average Bonchev–Trinajstić information content (AvgIpc) is 3.71. The van der Waals surface area contributed by atoms with E-state index in [-0.39, 0.29) is 11.8 Å². The first-order valence-corrected chi connectivity index (χ1v) is 19.7. The van der Waals surface area contributed by atoms with Gasteiger partial charge in [-0.25, -0.2) is 4.90 Å². The number of fused-ring (bicyclic) bond motifs is 4. The van der Waals surface area contributed by atoms with Gasteiger partial charge in [0.05, 0.1) is 33.5 Å². The molecule has 0 fully saturated rings. The maximum Gasteiger partial charge on any atom is 0.268 e. The van der Waals surface area contributed by atoms with Gasteiger partial charge in [-0.05, 0) is 91.4 Å². The predicted octanol–water partition coefficient (Wildman–Crippen LogP) is 13.5. The van der Waals surface area contributed by atoms with Crippen molar-refractivity contribution in [3.05, 3.63) is 203 Å². The van der Waals surface area contributed by atoms with Crippen molar-refractivity contribution in [1.82, 2.24) is 4.57 Å². The summed E-state index contributed by atoms with van der Waals surface area (Å²) in [5.41, 5.74) is 16.8. The molecule has 4 heteroatoms. The van der Waals surface area contributed by atoms with Crippen LogP contribution >= 0.6 is 0 Å². The summed E-state index contributed by atoms with van der Waals surface area (Å²) in [7, 11) is 0. The first-order valence-electron chi connectivity index (χ1n) is 19.7. The van der Waals surface area contributed by atoms with Gasteiger partial charge in [0, 0.05) is 21.9 Å². The molecule has 0 unspecified atom stereocenters. The third-order valence-corrected chi connectivity index (χ3v) is 11.4. The monoisotopic (exact) mass is 748 g/mol. The number of para-hydroxylation sites is 2.